The number of nitrogens with zero attached hydrogens (tertiary/aromatic N) is 3. The summed E-state index contributed by atoms with van der Waals surface area (Å²) in [5.41, 5.74) is 0.618. The summed E-state index contributed by atoms with van der Waals surface area (Å²) in [5, 5.41) is 11.8. The van der Waals surface area contributed by atoms with Crippen LogP contribution in [0, 0.1) is 0 Å². The average molecular weight is 320 g/mol. The number of carbonyl (C=O) groups excluding carboxylic acids is 1. The molecule has 1 unspecified atom stereocenters. The number of piperazine rings is 1. The lowest BCUT2D eigenvalue weighted by atomic mass is 10.1. The maximum absolute atomic E-state index is 12.7. The first-order chi connectivity index (χ1) is 11.1. The molecule has 1 aromatic heterocycles. The second-order valence-electron chi connectivity index (χ2n) is 6.23. The molecule has 23 heavy (non-hydrogen) atoms. The van der Waals surface area contributed by atoms with Gasteiger partial charge in [-0.05, 0) is 32.4 Å². The minimum atomic E-state index is 0.0491. The molecule has 128 valence electrons. The lowest BCUT2D eigenvalue weighted by Gasteiger charge is -2.43. The molecule has 1 atom stereocenters. The first-order valence-electron chi connectivity index (χ1n) is 8.42. The molecule has 0 radical (unpaired) electrons. The van der Waals surface area contributed by atoms with Crippen LogP contribution in [0.25, 0.3) is 0 Å². The second kappa shape index (κ2) is 8.26. The van der Waals surface area contributed by atoms with Crippen LogP contribution in [-0.4, -0.2) is 70.7 Å². The molecule has 2 rings (SSSR count). The van der Waals surface area contributed by atoms with Gasteiger partial charge in [0, 0.05) is 44.5 Å². The maximum atomic E-state index is 12.7. The lowest BCUT2D eigenvalue weighted by molar-refractivity contribution is 0.0371. The molecule has 0 aliphatic carbocycles. The summed E-state index contributed by atoms with van der Waals surface area (Å²) >= 11 is 0. The number of pyridine rings is 1. The van der Waals surface area contributed by atoms with E-state index in [4.69, 9.17) is 5.11 Å². The van der Waals surface area contributed by atoms with Crippen molar-refractivity contribution in [1.82, 2.24) is 14.8 Å². The molecule has 1 aliphatic heterocycles. The summed E-state index contributed by atoms with van der Waals surface area (Å²) in [6, 6.07) is 4.51. The van der Waals surface area contributed by atoms with Crippen LogP contribution < -0.4 is 5.32 Å². The molecular formula is C17H28N4O2. The van der Waals surface area contributed by atoms with Crippen LogP contribution >= 0.6 is 0 Å². The number of carbonyl (C=O) groups is 1. The van der Waals surface area contributed by atoms with E-state index in [0.717, 1.165) is 26.1 Å². The van der Waals surface area contributed by atoms with Gasteiger partial charge in [0.25, 0.3) is 5.91 Å². The van der Waals surface area contributed by atoms with E-state index in [9.17, 15) is 4.79 Å². The number of aromatic nitrogens is 1. The van der Waals surface area contributed by atoms with Crippen molar-refractivity contribution in [2.24, 2.45) is 0 Å². The molecule has 0 spiro atoms. The Morgan fingerprint density at radius 2 is 2.22 bits per heavy atom. The molecule has 1 saturated heterocycles. The predicted octanol–water partition coefficient (Wildman–Crippen LogP) is 1.43. The Morgan fingerprint density at radius 1 is 1.43 bits per heavy atom. The predicted molar refractivity (Wildman–Crippen MR) is 91.6 cm³/mol. The van der Waals surface area contributed by atoms with Gasteiger partial charge in [0.15, 0.2) is 0 Å². The van der Waals surface area contributed by atoms with Crippen molar-refractivity contribution in [2.75, 3.05) is 38.1 Å². The van der Waals surface area contributed by atoms with Crippen molar-refractivity contribution in [3.8, 4) is 0 Å². The van der Waals surface area contributed by atoms with Gasteiger partial charge in [-0.1, -0.05) is 6.92 Å². The summed E-state index contributed by atoms with van der Waals surface area (Å²) in [5.74, 6) is 0.722. The van der Waals surface area contributed by atoms with Gasteiger partial charge in [0.2, 0.25) is 0 Å². The lowest BCUT2D eigenvalue weighted by Crippen LogP contribution is -2.56. The third-order valence-corrected chi connectivity index (χ3v) is 4.38. The number of anilines is 1. The van der Waals surface area contributed by atoms with Crippen molar-refractivity contribution >= 4 is 11.7 Å². The molecule has 1 fully saturated rings. The highest BCUT2D eigenvalue weighted by Crippen LogP contribution is 2.18. The zero-order valence-corrected chi connectivity index (χ0v) is 14.3. The van der Waals surface area contributed by atoms with Crippen LogP contribution in [0.1, 0.15) is 37.6 Å². The summed E-state index contributed by atoms with van der Waals surface area (Å²) < 4.78 is 0. The van der Waals surface area contributed by atoms with E-state index >= 15 is 0 Å². The first kappa shape index (κ1) is 17.7. The Labute approximate surface area is 138 Å². The highest BCUT2D eigenvalue weighted by atomic mass is 16.3. The maximum Gasteiger partial charge on any atom is 0.255 e. The van der Waals surface area contributed by atoms with E-state index in [1.54, 1.807) is 18.3 Å². The number of nitrogens with one attached hydrogen (secondary N) is 1. The van der Waals surface area contributed by atoms with E-state index in [0.29, 0.717) is 30.0 Å². The topological polar surface area (TPSA) is 68.7 Å². The van der Waals surface area contributed by atoms with E-state index in [-0.39, 0.29) is 12.5 Å². The Balaban J connectivity index is 2.00. The average Bonchev–Trinajstić information content (AvgIpc) is 2.59. The van der Waals surface area contributed by atoms with E-state index in [2.05, 4.69) is 36.0 Å². The van der Waals surface area contributed by atoms with Crippen LogP contribution in [-0.2, 0) is 0 Å². The number of rotatable bonds is 6. The number of hydrogen-bond acceptors (Lipinski definition) is 5. The highest BCUT2D eigenvalue weighted by Gasteiger charge is 2.30. The van der Waals surface area contributed by atoms with Gasteiger partial charge in [0.1, 0.15) is 5.82 Å². The fourth-order valence-corrected chi connectivity index (χ4v) is 3.09. The van der Waals surface area contributed by atoms with Gasteiger partial charge in [-0.2, -0.15) is 0 Å². The fourth-order valence-electron chi connectivity index (χ4n) is 3.09. The Morgan fingerprint density at radius 3 is 2.78 bits per heavy atom. The number of aliphatic hydroxyl groups excluding tert-OH is 1. The number of hydrogen-bond donors (Lipinski definition) is 2. The van der Waals surface area contributed by atoms with Crippen molar-refractivity contribution in [3.63, 3.8) is 0 Å². The van der Waals surface area contributed by atoms with Gasteiger partial charge in [-0.25, -0.2) is 4.98 Å². The van der Waals surface area contributed by atoms with Crippen LogP contribution in [0.4, 0.5) is 5.82 Å². The molecule has 6 nitrogen and oxygen atoms in total. The van der Waals surface area contributed by atoms with Gasteiger partial charge in [-0.3, -0.25) is 9.69 Å². The standard InChI is InChI=1S/C17H28N4O2/c1-4-15-12-20(8-9-21(15)13(2)3)17(23)14-5-6-16(19-11-14)18-7-10-22/h5-6,11,13,15,22H,4,7-10,12H2,1-3H3,(H,18,19). The van der Waals surface area contributed by atoms with Crippen molar-refractivity contribution < 1.29 is 9.90 Å². The monoisotopic (exact) mass is 320 g/mol. The molecule has 1 aliphatic rings. The summed E-state index contributed by atoms with van der Waals surface area (Å²) in [6.07, 6.45) is 2.65. The normalized spacial score (nSPS) is 19.2. The van der Waals surface area contributed by atoms with E-state index < -0.39 is 0 Å². The molecule has 0 bridgehead atoms. The molecule has 0 saturated carbocycles. The zero-order chi connectivity index (χ0) is 16.8. The van der Waals surface area contributed by atoms with Crippen molar-refractivity contribution in [3.05, 3.63) is 23.9 Å². The smallest absolute Gasteiger partial charge is 0.255 e. The molecule has 2 N–H and O–H groups in total. The summed E-state index contributed by atoms with van der Waals surface area (Å²) in [4.78, 5) is 21.3. The van der Waals surface area contributed by atoms with Gasteiger partial charge >= 0.3 is 0 Å². The zero-order valence-electron chi connectivity index (χ0n) is 14.3. The van der Waals surface area contributed by atoms with Crippen LogP contribution in [0.3, 0.4) is 0 Å². The molecule has 0 aromatic carbocycles. The summed E-state index contributed by atoms with van der Waals surface area (Å²) in [7, 11) is 0. The SMILES string of the molecule is CCC1CN(C(=O)c2ccc(NCCO)nc2)CCN1C(C)C. The van der Waals surface area contributed by atoms with Crippen molar-refractivity contribution in [1.29, 1.82) is 0 Å². The molecule has 1 amide bonds. The third kappa shape index (κ3) is 4.42. The number of amides is 1. The van der Waals surface area contributed by atoms with Gasteiger partial charge in [0.05, 0.1) is 12.2 Å². The Bertz CT molecular complexity index is 504. The van der Waals surface area contributed by atoms with Gasteiger partial charge in [-0.15, -0.1) is 0 Å². The van der Waals surface area contributed by atoms with E-state index in [1.165, 1.54) is 0 Å². The van der Waals surface area contributed by atoms with Crippen LogP contribution in [0.15, 0.2) is 18.3 Å². The van der Waals surface area contributed by atoms with Gasteiger partial charge < -0.3 is 15.3 Å². The molecule has 2 heterocycles. The fraction of sp³-hybridized carbons (Fsp3) is 0.647. The first-order valence-corrected chi connectivity index (χ1v) is 8.42. The third-order valence-electron chi connectivity index (χ3n) is 4.38. The van der Waals surface area contributed by atoms with E-state index in [1.807, 2.05) is 4.90 Å². The summed E-state index contributed by atoms with van der Waals surface area (Å²) in [6.45, 7) is 9.57. The molecule has 6 heteroatoms. The van der Waals surface area contributed by atoms with Crippen LogP contribution in [0.5, 0.6) is 0 Å². The second-order valence-corrected chi connectivity index (χ2v) is 6.23. The largest absolute Gasteiger partial charge is 0.395 e. The minimum absolute atomic E-state index is 0.0491. The quantitative estimate of drug-likeness (QED) is 0.830. The van der Waals surface area contributed by atoms with Crippen molar-refractivity contribution in [2.45, 2.75) is 39.3 Å². The Kier molecular flexibility index (Phi) is 6.36. The number of aliphatic hydroxyl groups is 1. The molecular weight excluding hydrogens is 292 g/mol. The minimum Gasteiger partial charge on any atom is -0.395 e. The van der Waals surface area contributed by atoms with Crippen LogP contribution in [0.2, 0.25) is 0 Å². The Hall–Kier alpha value is -1.66. The highest BCUT2D eigenvalue weighted by molar-refractivity contribution is 5.94. The molecule has 1 aromatic rings.